The molecule has 10 rings (SSSR count). The second kappa shape index (κ2) is 57.5. The average Bonchev–Trinajstić information content (AvgIpc) is 0.897. The van der Waals surface area contributed by atoms with Crippen molar-refractivity contribution in [3.63, 3.8) is 0 Å². The van der Waals surface area contributed by atoms with Crippen LogP contribution in [0.5, 0.6) is 0 Å². The fourth-order valence-corrected chi connectivity index (χ4v) is 16.5. The summed E-state index contributed by atoms with van der Waals surface area (Å²) in [6.07, 6.45) is 25.5. The van der Waals surface area contributed by atoms with E-state index in [1.165, 1.54) is 89.5 Å². The van der Waals surface area contributed by atoms with E-state index in [1.54, 1.807) is 0 Å². The first-order chi connectivity index (χ1) is 49.7. The number of anilines is 6. The minimum Gasteiger partial charge on any atom is -0.374 e. The van der Waals surface area contributed by atoms with Gasteiger partial charge in [0.25, 0.3) is 0 Å². The first kappa shape index (κ1) is 95.4. The lowest BCUT2D eigenvalue weighted by atomic mass is 10.0. The van der Waals surface area contributed by atoms with Crippen LogP contribution in [0.25, 0.3) is 24.3 Å². The molecule has 0 spiro atoms. The Labute approximate surface area is 680 Å². The number of nitrogens with zero attached hydrogens (tertiary/aromatic N) is 9. The normalized spacial score (nSPS) is 11.1. The van der Waals surface area contributed by atoms with Gasteiger partial charge in [0, 0.05) is 217 Å². The van der Waals surface area contributed by atoms with Crippen LogP contribution < -0.4 is 43.1 Å². The number of hydrogen-bond acceptors (Lipinski definition) is 14. The van der Waals surface area contributed by atoms with Crippen molar-refractivity contribution >= 4 is 173 Å². The summed E-state index contributed by atoms with van der Waals surface area (Å²) in [4.78, 5) is 35.1. The highest BCUT2D eigenvalue weighted by atomic mass is 35.5. The minimum absolute atomic E-state index is 0. The number of hydrogen-bond donors (Lipinski definition) is 0. The van der Waals surface area contributed by atoms with Crippen molar-refractivity contribution in [3.8, 4) is 0 Å². The van der Waals surface area contributed by atoms with Gasteiger partial charge in [-0.15, -0.1) is 37.2 Å². The number of halogens is 3. The predicted octanol–water partition coefficient (Wildman–Crippen LogP) is 20.6. The van der Waals surface area contributed by atoms with Crippen LogP contribution in [0.3, 0.4) is 0 Å². The third-order valence-electron chi connectivity index (χ3n) is 17.2. The SMILES string of the molecule is C.C1CCCCC1.CN(CCSSCCN(C)c1ccc(/C=C/c2cccc[n+]2C)cc1)c1ccc(/C=C/c2cccc[n+]2C)cc1.CN(CCSSCCN(C)c1ccc(C=O)cc1)c1ccc(C=O)cc1.CN(CCSSCCN(C)c1ccccc1)c1ccccc1.Cc1cccc[n+]1C.Cl.Cl.Cl. The van der Waals surface area contributed by atoms with Gasteiger partial charge in [0.15, 0.2) is 24.3 Å². The van der Waals surface area contributed by atoms with E-state index in [1.807, 2.05) is 151 Å². The Bertz CT molecular complexity index is 3540. The first-order valence-electron chi connectivity index (χ1n) is 35.3. The van der Waals surface area contributed by atoms with E-state index >= 15 is 0 Å². The zero-order valence-corrected chi connectivity index (χ0v) is 70.5. The summed E-state index contributed by atoms with van der Waals surface area (Å²) < 4.78 is 6.32. The van der Waals surface area contributed by atoms with Gasteiger partial charge in [-0.25, -0.2) is 13.7 Å². The number of aryl methyl sites for hydroxylation is 4. The maximum atomic E-state index is 10.7. The van der Waals surface area contributed by atoms with Gasteiger partial charge < -0.3 is 29.4 Å². The zero-order valence-electron chi connectivity index (χ0n) is 63.1. The molecule has 106 heavy (non-hydrogen) atoms. The molecule has 0 saturated heterocycles. The van der Waals surface area contributed by atoms with E-state index in [0.717, 1.165) is 97.7 Å². The Morgan fingerprint density at radius 2 is 0.519 bits per heavy atom. The Balaban J connectivity index is 0.000000501. The monoisotopic (exact) mass is 1600 g/mol. The fraction of sp³-hybridized carbons (Fsp3) is 0.337. The number of aromatic nitrogens is 3. The van der Waals surface area contributed by atoms with Crippen LogP contribution in [0.2, 0.25) is 0 Å². The largest absolute Gasteiger partial charge is 0.374 e. The van der Waals surface area contributed by atoms with Crippen LogP contribution in [0.4, 0.5) is 34.1 Å². The third-order valence-corrected chi connectivity index (χ3v) is 24.3. The lowest BCUT2D eigenvalue weighted by molar-refractivity contribution is -0.677. The van der Waals surface area contributed by atoms with Crippen molar-refractivity contribution in [2.75, 3.05) is 145 Å². The van der Waals surface area contributed by atoms with Gasteiger partial charge in [0.05, 0.1) is 0 Å². The molecule has 1 aliphatic rings. The minimum atomic E-state index is 0. The van der Waals surface area contributed by atoms with Crippen molar-refractivity contribution in [1.29, 1.82) is 0 Å². The summed E-state index contributed by atoms with van der Waals surface area (Å²) in [6.45, 7) is 8.21. The molecule has 3 heterocycles. The van der Waals surface area contributed by atoms with Crippen molar-refractivity contribution in [2.45, 2.75) is 52.9 Å². The number of benzene rings is 6. The molecule has 20 heteroatoms. The molecular formula is C86H117Cl3N9O2S6+3. The van der Waals surface area contributed by atoms with E-state index in [2.05, 4.69) is 283 Å². The van der Waals surface area contributed by atoms with Crippen LogP contribution in [0.1, 0.15) is 94.9 Å². The molecule has 0 bridgehead atoms. The second-order valence-electron chi connectivity index (χ2n) is 24.9. The summed E-state index contributed by atoms with van der Waals surface area (Å²) in [5, 5.41) is 0. The molecule has 6 aromatic carbocycles. The van der Waals surface area contributed by atoms with Crippen molar-refractivity contribution in [1.82, 2.24) is 0 Å². The fourth-order valence-electron chi connectivity index (χ4n) is 10.3. The van der Waals surface area contributed by atoms with Gasteiger partial charge in [-0.3, -0.25) is 9.59 Å². The Kier molecular flexibility index (Phi) is 51.8. The highest BCUT2D eigenvalue weighted by Crippen LogP contribution is 2.27. The van der Waals surface area contributed by atoms with Crippen molar-refractivity contribution < 1.29 is 23.3 Å². The van der Waals surface area contributed by atoms with Gasteiger partial charge in [-0.1, -0.05) is 177 Å². The highest BCUT2D eigenvalue weighted by Gasteiger charge is 2.09. The van der Waals surface area contributed by atoms with Gasteiger partial charge in [-0.05, 0) is 132 Å². The predicted molar refractivity (Wildman–Crippen MR) is 485 cm³/mol. The number of carbonyl (C=O) groups is 2. The number of para-hydroxylation sites is 2. The highest BCUT2D eigenvalue weighted by molar-refractivity contribution is 8.77. The number of rotatable bonds is 33. The molecule has 1 saturated carbocycles. The number of pyridine rings is 3. The third kappa shape index (κ3) is 38.4. The molecule has 0 radical (unpaired) electrons. The van der Waals surface area contributed by atoms with E-state index in [9.17, 15) is 9.59 Å². The quantitative estimate of drug-likeness (QED) is 0.0170. The molecule has 1 fully saturated rings. The van der Waals surface area contributed by atoms with Crippen LogP contribution in [0.15, 0.2) is 231 Å². The molecular weight excluding hydrogens is 1490 g/mol. The van der Waals surface area contributed by atoms with Crippen molar-refractivity contribution in [2.24, 2.45) is 21.1 Å². The summed E-state index contributed by atoms with van der Waals surface area (Å²) in [5.74, 6) is 6.55. The Hall–Kier alpha value is -6.64. The summed E-state index contributed by atoms with van der Waals surface area (Å²) in [7, 11) is 30.5. The summed E-state index contributed by atoms with van der Waals surface area (Å²) in [5.41, 5.74) is 14.8. The standard InChI is InChI=1S/C34H40N4S2.C20H24N2O2S2.C18H24N2S2.C7H10N.C6H12.CH4.3ClH/c1-35-23-7-5-9-31(35)17-11-29-13-19-33(20-14-29)37(3)25-27-39-40-28-26-38(4)34-21-15-30(16-22-34)12-18-32-10-6-8-24-36(32)2;1-21(19-7-3-17(15-23)4-8-19)11-13-25-26-14-12-22(2)20-9-5-18(16-24)6-10-20;1-19(17-9-5-3-6-10-17)13-15-21-22-16-14-20(2)18-11-7-4-8-12-18;1-7-5-3-4-6-8(7)2;1-2-4-6-5-3-1;;;;/h5-24H,25-28H2,1-4H3;3-10,15-16H,11-14H2,1-2H3;3-12H,13-16H2,1-2H3;3-6H,1-2H3;1-6H2;1H4;3*1H/q+2;;;+1;;;;;. The summed E-state index contributed by atoms with van der Waals surface area (Å²) in [6, 6.07) is 72.6. The van der Waals surface area contributed by atoms with E-state index < -0.39 is 0 Å². The maximum absolute atomic E-state index is 10.7. The van der Waals surface area contributed by atoms with Gasteiger partial charge in [0.1, 0.15) is 33.7 Å². The van der Waals surface area contributed by atoms with Gasteiger partial charge in [-0.2, -0.15) is 0 Å². The molecule has 0 atom stereocenters. The molecule has 0 unspecified atom stereocenters. The van der Waals surface area contributed by atoms with E-state index in [-0.39, 0.29) is 44.6 Å². The molecule has 3 aromatic heterocycles. The number of carbonyl (C=O) groups excluding carboxylic acids is 2. The average molecular weight is 1610 g/mol. The lowest BCUT2D eigenvalue weighted by Crippen LogP contribution is -2.30. The molecule has 0 N–H and O–H groups in total. The molecule has 0 aliphatic heterocycles. The van der Waals surface area contributed by atoms with Crippen LogP contribution >= 0.6 is 102 Å². The number of aldehydes is 2. The lowest BCUT2D eigenvalue weighted by Gasteiger charge is -2.20. The first-order valence-corrected chi connectivity index (χ1v) is 42.7. The second-order valence-corrected chi connectivity index (χ2v) is 33.1. The Morgan fingerprint density at radius 3 is 0.745 bits per heavy atom. The zero-order chi connectivity index (χ0) is 72.8. The van der Waals surface area contributed by atoms with Crippen LogP contribution in [0, 0.1) is 6.92 Å². The Morgan fingerprint density at radius 1 is 0.292 bits per heavy atom. The summed E-state index contributed by atoms with van der Waals surface area (Å²) >= 11 is 0. The molecule has 1 aliphatic carbocycles. The molecule has 11 nitrogen and oxygen atoms in total. The van der Waals surface area contributed by atoms with Crippen LogP contribution in [-0.2, 0) is 21.1 Å². The topological polar surface area (TPSA) is 65.2 Å². The maximum Gasteiger partial charge on any atom is 0.204 e. The smallest absolute Gasteiger partial charge is 0.204 e. The van der Waals surface area contributed by atoms with Gasteiger partial charge >= 0.3 is 0 Å². The van der Waals surface area contributed by atoms with Crippen molar-refractivity contribution in [3.05, 3.63) is 270 Å². The molecule has 0 amide bonds. The molecule has 572 valence electrons. The van der Waals surface area contributed by atoms with Crippen LogP contribution in [-0.4, -0.2) is 129 Å². The molecule has 9 aromatic rings. The van der Waals surface area contributed by atoms with Gasteiger partial charge in [0.2, 0.25) is 11.4 Å². The van der Waals surface area contributed by atoms with E-state index in [4.69, 9.17) is 0 Å². The van der Waals surface area contributed by atoms with E-state index in [0.29, 0.717) is 11.1 Å².